The molecule has 0 aromatic heterocycles. The van der Waals surface area contributed by atoms with Gasteiger partial charge >= 0.3 is 0 Å². The van der Waals surface area contributed by atoms with Crippen molar-refractivity contribution >= 4 is 11.6 Å². The highest BCUT2D eigenvalue weighted by molar-refractivity contribution is 5.81. The maximum absolute atomic E-state index is 14.3. The molecule has 5 nitrogen and oxygen atoms in total. The highest BCUT2D eigenvalue weighted by Gasteiger charge is 2.20. The molecule has 1 heterocycles. The molecule has 0 bridgehead atoms. The van der Waals surface area contributed by atoms with Crippen molar-refractivity contribution in [1.82, 2.24) is 5.32 Å². The Kier molecular flexibility index (Phi) is 5.96. The van der Waals surface area contributed by atoms with Crippen molar-refractivity contribution in [2.75, 3.05) is 18.0 Å². The van der Waals surface area contributed by atoms with Crippen LogP contribution >= 0.6 is 0 Å². The number of piperidine rings is 1. The van der Waals surface area contributed by atoms with E-state index in [4.69, 9.17) is 5.73 Å². The van der Waals surface area contributed by atoms with E-state index in [1.807, 2.05) is 24.8 Å². The van der Waals surface area contributed by atoms with E-state index in [2.05, 4.69) is 5.32 Å². The van der Waals surface area contributed by atoms with E-state index in [0.29, 0.717) is 37.2 Å². The van der Waals surface area contributed by atoms with Crippen LogP contribution in [0.15, 0.2) is 18.2 Å². The van der Waals surface area contributed by atoms with Gasteiger partial charge in [0.15, 0.2) is 0 Å². The van der Waals surface area contributed by atoms with Crippen molar-refractivity contribution in [2.45, 2.75) is 45.4 Å². The Labute approximate surface area is 136 Å². The second kappa shape index (κ2) is 7.75. The zero-order chi connectivity index (χ0) is 17.0. The first-order chi connectivity index (χ1) is 10.9. The predicted molar refractivity (Wildman–Crippen MR) is 88.5 cm³/mol. The van der Waals surface area contributed by atoms with Gasteiger partial charge in [0.2, 0.25) is 5.91 Å². The lowest BCUT2D eigenvalue weighted by Gasteiger charge is -2.31. The molecule has 1 aliphatic rings. The Morgan fingerprint density at radius 2 is 2.09 bits per heavy atom. The normalized spacial score (nSPS) is 17.4. The van der Waals surface area contributed by atoms with E-state index >= 15 is 0 Å². The van der Waals surface area contributed by atoms with Crippen molar-refractivity contribution in [2.24, 2.45) is 11.7 Å². The van der Waals surface area contributed by atoms with E-state index in [1.54, 1.807) is 6.07 Å². The van der Waals surface area contributed by atoms with Gasteiger partial charge in [0.25, 0.3) is 0 Å². The average molecular weight is 323 g/mol. The SMILES string of the molecule is CC(C)[C@H](N)C(=O)NCc1ccc(N2CCC(O)CC2)c(F)c1. The molecule has 1 atom stereocenters. The molecular weight excluding hydrogens is 297 g/mol. The Bertz CT molecular complexity index is 543. The number of amides is 1. The van der Waals surface area contributed by atoms with E-state index < -0.39 is 6.04 Å². The lowest BCUT2D eigenvalue weighted by molar-refractivity contribution is -0.123. The molecule has 0 unspecified atom stereocenters. The van der Waals surface area contributed by atoms with Crippen LogP contribution < -0.4 is 16.0 Å². The summed E-state index contributed by atoms with van der Waals surface area (Å²) in [6, 6.07) is 4.43. The summed E-state index contributed by atoms with van der Waals surface area (Å²) in [6.07, 6.45) is 1.03. The minimum Gasteiger partial charge on any atom is -0.393 e. The third-order valence-corrected chi connectivity index (χ3v) is 4.30. The van der Waals surface area contributed by atoms with Gasteiger partial charge in [-0.2, -0.15) is 0 Å². The topological polar surface area (TPSA) is 78.6 Å². The zero-order valence-electron chi connectivity index (χ0n) is 13.8. The standard InChI is InChI=1S/C17H26FN3O2/c1-11(2)16(19)17(23)20-10-12-3-4-15(14(18)9-12)21-7-5-13(22)6-8-21/h3-4,9,11,13,16,22H,5-8,10,19H2,1-2H3,(H,20,23)/t16-/m0/s1. The van der Waals surface area contributed by atoms with Crippen LogP contribution in [0.1, 0.15) is 32.3 Å². The smallest absolute Gasteiger partial charge is 0.237 e. The summed E-state index contributed by atoms with van der Waals surface area (Å²) in [6.45, 7) is 5.33. The summed E-state index contributed by atoms with van der Waals surface area (Å²) < 4.78 is 14.3. The van der Waals surface area contributed by atoms with Crippen LogP contribution in [0.2, 0.25) is 0 Å². The molecule has 6 heteroatoms. The Hall–Kier alpha value is -1.66. The van der Waals surface area contributed by atoms with Crippen LogP contribution in [0, 0.1) is 11.7 Å². The van der Waals surface area contributed by atoms with Crippen LogP contribution in [0.3, 0.4) is 0 Å². The van der Waals surface area contributed by atoms with Crippen LogP contribution in [-0.2, 0) is 11.3 Å². The highest BCUT2D eigenvalue weighted by Crippen LogP contribution is 2.24. The summed E-state index contributed by atoms with van der Waals surface area (Å²) in [5.74, 6) is -0.473. The zero-order valence-corrected chi connectivity index (χ0v) is 13.8. The quantitative estimate of drug-likeness (QED) is 0.765. The van der Waals surface area contributed by atoms with E-state index in [1.165, 1.54) is 6.07 Å². The van der Waals surface area contributed by atoms with Crippen molar-refractivity contribution in [3.05, 3.63) is 29.6 Å². The molecule has 1 aliphatic heterocycles. The fourth-order valence-electron chi connectivity index (χ4n) is 2.63. The Morgan fingerprint density at radius 3 is 2.65 bits per heavy atom. The molecule has 0 saturated carbocycles. The summed E-state index contributed by atoms with van der Waals surface area (Å²) in [4.78, 5) is 13.8. The molecule has 0 spiro atoms. The highest BCUT2D eigenvalue weighted by atomic mass is 19.1. The number of aliphatic hydroxyl groups excluding tert-OH is 1. The summed E-state index contributed by atoms with van der Waals surface area (Å²) in [7, 11) is 0. The van der Waals surface area contributed by atoms with Gasteiger partial charge in [0, 0.05) is 19.6 Å². The number of halogens is 1. The average Bonchev–Trinajstić information content (AvgIpc) is 2.53. The maximum Gasteiger partial charge on any atom is 0.237 e. The van der Waals surface area contributed by atoms with Crippen LogP contribution in [0.25, 0.3) is 0 Å². The number of nitrogens with two attached hydrogens (primary N) is 1. The first-order valence-electron chi connectivity index (χ1n) is 8.13. The minimum atomic E-state index is -0.557. The van der Waals surface area contributed by atoms with Gasteiger partial charge in [-0.25, -0.2) is 4.39 Å². The molecule has 1 amide bonds. The van der Waals surface area contributed by atoms with Gasteiger partial charge in [0.1, 0.15) is 5.82 Å². The molecule has 23 heavy (non-hydrogen) atoms. The molecule has 128 valence electrons. The lowest BCUT2D eigenvalue weighted by atomic mass is 10.0. The van der Waals surface area contributed by atoms with Crippen molar-refractivity contribution < 1.29 is 14.3 Å². The Balaban J connectivity index is 1.95. The van der Waals surface area contributed by atoms with Crippen molar-refractivity contribution in [3.63, 3.8) is 0 Å². The fourth-order valence-corrected chi connectivity index (χ4v) is 2.63. The van der Waals surface area contributed by atoms with Gasteiger partial charge in [-0.15, -0.1) is 0 Å². The minimum absolute atomic E-state index is 0.0589. The number of carbonyl (C=O) groups excluding carboxylic acids is 1. The Morgan fingerprint density at radius 1 is 1.43 bits per heavy atom. The van der Waals surface area contributed by atoms with Crippen molar-refractivity contribution in [3.8, 4) is 0 Å². The second-order valence-corrected chi connectivity index (χ2v) is 6.49. The number of nitrogens with one attached hydrogen (secondary N) is 1. The van der Waals surface area contributed by atoms with Crippen LogP contribution in [0.4, 0.5) is 10.1 Å². The molecule has 1 saturated heterocycles. The van der Waals surface area contributed by atoms with E-state index in [-0.39, 0.29) is 30.3 Å². The lowest BCUT2D eigenvalue weighted by Crippen LogP contribution is -2.43. The van der Waals surface area contributed by atoms with Gasteiger partial charge in [-0.05, 0) is 36.5 Å². The number of anilines is 1. The third-order valence-electron chi connectivity index (χ3n) is 4.30. The number of carbonyl (C=O) groups is 1. The number of rotatable bonds is 5. The first-order valence-corrected chi connectivity index (χ1v) is 8.13. The number of aliphatic hydroxyl groups is 1. The number of benzene rings is 1. The molecule has 4 N–H and O–H groups in total. The third kappa shape index (κ3) is 4.65. The monoisotopic (exact) mass is 323 g/mol. The van der Waals surface area contributed by atoms with Gasteiger partial charge < -0.3 is 21.1 Å². The number of hydrogen-bond acceptors (Lipinski definition) is 4. The van der Waals surface area contributed by atoms with Gasteiger partial charge in [0.05, 0.1) is 17.8 Å². The number of hydrogen-bond donors (Lipinski definition) is 3. The fraction of sp³-hybridized carbons (Fsp3) is 0.588. The molecule has 0 aliphatic carbocycles. The first kappa shape index (κ1) is 17.7. The molecule has 0 radical (unpaired) electrons. The van der Waals surface area contributed by atoms with E-state index in [0.717, 1.165) is 0 Å². The molecule has 1 aromatic carbocycles. The summed E-state index contributed by atoms with van der Waals surface area (Å²) >= 11 is 0. The number of nitrogens with zero attached hydrogens (tertiary/aromatic N) is 1. The summed E-state index contributed by atoms with van der Waals surface area (Å²) in [5.41, 5.74) is 7.02. The molecular formula is C17H26FN3O2. The van der Waals surface area contributed by atoms with Gasteiger partial charge in [-0.3, -0.25) is 4.79 Å². The molecule has 1 fully saturated rings. The van der Waals surface area contributed by atoms with Crippen molar-refractivity contribution in [1.29, 1.82) is 0 Å². The van der Waals surface area contributed by atoms with Gasteiger partial charge in [-0.1, -0.05) is 19.9 Å². The second-order valence-electron chi connectivity index (χ2n) is 6.49. The molecule has 1 aromatic rings. The molecule has 2 rings (SSSR count). The largest absolute Gasteiger partial charge is 0.393 e. The van der Waals surface area contributed by atoms with Crippen LogP contribution in [0.5, 0.6) is 0 Å². The van der Waals surface area contributed by atoms with E-state index in [9.17, 15) is 14.3 Å². The van der Waals surface area contributed by atoms with Crippen LogP contribution in [-0.4, -0.2) is 36.2 Å². The summed E-state index contributed by atoms with van der Waals surface area (Å²) in [5, 5.41) is 12.3. The maximum atomic E-state index is 14.3. The predicted octanol–water partition coefficient (Wildman–Crippen LogP) is 1.39.